The van der Waals surface area contributed by atoms with E-state index in [4.69, 9.17) is 23.2 Å². The smallest absolute Gasteiger partial charge is 0.227 e. The number of nitrogens with zero attached hydrogens (tertiary/aromatic N) is 2. The van der Waals surface area contributed by atoms with Crippen molar-refractivity contribution in [2.75, 3.05) is 26.2 Å². The molecule has 0 N–H and O–H groups in total. The Balaban J connectivity index is 1.50. The molecular weight excluding hydrogens is 359 g/mol. The van der Waals surface area contributed by atoms with Crippen LogP contribution in [0.5, 0.6) is 0 Å². The number of carbonyl (C=O) groups is 2. The van der Waals surface area contributed by atoms with E-state index in [-0.39, 0.29) is 18.2 Å². The molecule has 2 amide bonds. The minimum absolute atomic E-state index is 0.0718. The molecule has 136 valence electrons. The van der Waals surface area contributed by atoms with E-state index < -0.39 is 0 Å². The Labute approximate surface area is 159 Å². The van der Waals surface area contributed by atoms with E-state index in [9.17, 15) is 9.59 Å². The summed E-state index contributed by atoms with van der Waals surface area (Å²) in [7, 11) is 0. The maximum Gasteiger partial charge on any atom is 0.227 e. The van der Waals surface area contributed by atoms with Gasteiger partial charge in [0.2, 0.25) is 11.8 Å². The van der Waals surface area contributed by atoms with Crippen LogP contribution in [0.15, 0.2) is 18.2 Å². The van der Waals surface area contributed by atoms with Crippen molar-refractivity contribution in [2.45, 2.75) is 38.5 Å². The lowest BCUT2D eigenvalue weighted by atomic mass is 9.94. The van der Waals surface area contributed by atoms with Crippen LogP contribution in [0.25, 0.3) is 0 Å². The number of amides is 2. The molecule has 0 atom stereocenters. The molecule has 0 radical (unpaired) electrons. The van der Waals surface area contributed by atoms with Crippen molar-refractivity contribution >= 4 is 35.0 Å². The highest BCUT2D eigenvalue weighted by molar-refractivity contribution is 6.36. The maximum absolute atomic E-state index is 12.6. The Morgan fingerprint density at radius 2 is 1.76 bits per heavy atom. The lowest BCUT2D eigenvalue weighted by Gasteiger charge is -2.36. The lowest BCUT2D eigenvalue weighted by molar-refractivity contribution is -0.136. The molecule has 2 fully saturated rings. The van der Waals surface area contributed by atoms with Crippen molar-refractivity contribution in [2.24, 2.45) is 5.92 Å². The van der Waals surface area contributed by atoms with Crippen molar-refractivity contribution in [3.63, 3.8) is 0 Å². The average Bonchev–Trinajstić information content (AvgIpc) is 2.61. The monoisotopic (exact) mass is 382 g/mol. The summed E-state index contributed by atoms with van der Waals surface area (Å²) in [4.78, 5) is 28.4. The average molecular weight is 383 g/mol. The fraction of sp³-hybridized carbons (Fsp3) is 0.579. The first-order valence-electron chi connectivity index (χ1n) is 9.03. The molecule has 2 heterocycles. The summed E-state index contributed by atoms with van der Waals surface area (Å²) >= 11 is 12.3. The molecule has 25 heavy (non-hydrogen) atoms. The summed E-state index contributed by atoms with van der Waals surface area (Å²) in [6.45, 7) is 3.22. The molecule has 4 nitrogen and oxygen atoms in total. The van der Waals surface area contributed by atoms with E-state index in [0.29, 0.717) is 27.9 Å². The van der Waals surface area contributed by atoms with Gasteiger partial charge in [-0.2, -0.15) is 0 Å². The third kappa shape index (κ3) is 4.68. The number of rotatable bonds is 4. The number of halogens is 2. The molecule has 0 aromatic heterocycles. The zero-order chi connectivity index (χ0) is 17.8. The van der Waals surface area contributed by atoms with Gasteiger partial charge in [-0.15, -0.1) is 0 Å². The third-order valence-corrected chi connectivity index (χ3v) is 5.97. The van der Waals surface area contributed by atoms with Crippen LogP contribution in [-0.4, -0.2) is 47.8 Å². The number of hydrogen-bond donors (Lipinski definition) is 0. The van der Waals surface area contributed by atoms with Gasteiger partial charge in [0.15, 0.2) is 0 Å². The summed E-state index contributed by atoms with van der Waals surface area (Å²) in [6, 6.07) is 5.31. The molecular formula is C19H24Cl2N2O2. The van der Waals surface area contributed by atoms with Gasteiger partial charge in [-0.3, -0.25) is 9.59 Å². The van der Waals surface area contributed by atoms with Crippen LogP contribution in [0.2, 0.25) is 10.0 Å². The second kappa shape index (κ2) is 8.41. The van der Waals surface area contributed by atoms with Crippen LogP contribution < -0.4 is 0 Å². The molecule has 0 unspecified atom stereocenters. The molecule has 0 bridgehead atoms. The molecule has 2 aliphatic heterocycles. The van der Waals surface area contributed by atoms with Crippen molar-refractivity contribution in [1.29, 1.82) is 0 Å². The highest BCUT2D eigenvalue weighted by atomic mass is 35.5. The van der Waals surface area contributed by atoms with E-state index in [1.165, 1.54) is 0 Å². The number of hydrogen-bond acceptors (Lipinski definition) is 2. The molecule has 0 aliphatic carbocycles. The minimum Gasteiger partial charge on any atom is -0.342 e. The van der Waals surface area contributed by atoms with E-state index in [2.05, 4.69) is 0 Å². The number of benzene rings is 1. The fourth-order valence-electron chi connectivity index (χ4n) is 3.70. The zero-order valence-corrected chi connectivity index (χ0v) is 15.9. The van der Waals surface area contributed by atoms with Crippen LogP contribution in [0, 0.1) is 5.92 Å². The molecule has 6 heteroatoms. The fourth-order valence-corrected chi connectivity index (χ4v) is 4.23. The first-order valence-corrected chi connectivity index (χ1v) is 9.78. The van der Waals surface area contributed by atoms with E-state index in [1.54, 1.807) is 18.2 Å². The van der Waals surface area contributed by atoms with Gasteiger partial charge in [0.05, 0.1) is 6.42 Å². The van der Waals surface area contributed by atoms with Crippen LogP contribution in [-0.2, 0) is 16.0 Å². The highest BCUT2D eigenvalue weighted by Gasteiger charge is 2.27. The SMILES string of the molecule is O=C(Cc1c(Cl)cccc1Cl)N1CCC(CN2CCCCC2=O)CC1. The Morgan fingerprint density at radius 3 is 2.40 bits per heavy atom. The Hall–Kier alpha value is -1.26. The summed E-state index contributed by atoms with van der Waals surface area (Å²) < 4.78 is 0. The molecule has 1 aromatic carbocycles. The lowest BCUT2D eigenvalue weighted by Crippen LogP contribution is -2.44. The standard InChI is InChI=1S/C19H24Cl2N2O2/c20-16-4-3-5-17(21)15(16)12-19(25)22-10-7-14(8-11-22)13-23-9-2-1-6-18(23)24/h3-5,14H,1-2,6-13H2. The molecule has 2 aliphatic rings. The van der Waals surface area contributed by atoms with Crippen molar-refractivity contribution in [3.8, 4) is 0 Å². The van der Waals surface area contributed by atoms with Crippen LogP contribution in [0.1, 0.15) is 37.7 Å². The quantitative estimate of drug-likeness (QED) is 0.794. The van der Waals surface area contributed by atoms with Crippen molar-refractivity contribution < 1.29 is 9.59 Å². The van der Waals surface area contributed by atoms with Crippen LogP contribution >= 0.6 is 23.2 Å². The molecule has 0 saturated carbocycles. The normalized spacial score (nSPS) is 19.4. The molecule has 1 aromatic rings. The van der Waals surface area contributed by atoms with Gasteiger partial charge < -0.3 is 9.80 Å². The summed E-state index contributed by atoms with van der Waals surface area (Å²) in [5, 5.41) is 1.08. The number of piperidine rings is 2. The van der Waals surface area contributed by atoms with Gasteiger partial charge in [0, 0.05) is 42.6 Å². The first-order chi connectivity index (χ1) is 12.0. The largest absolute Gasteiger partial charge is 0.342 e. The summed E-state index contributed by atoms with van der Waals surface area (Å²) in [5.41, 5.74) is 0.705. The van der Waals surface area contributed by atoms with E-state index >= 15 is 0 Å². The minimum atomic E-state index is 0.0718. The van der Waals surface area contributed by atoms with Crippen molar-refractivity contribution in [1.82, 2.24) is 9.80 Å². The van der Waals surface area contributed by atoms with Gasteiger partial charge in [-0.1, -0.05) is 29.3 Å². The second-order valence-corrected chi connectivity index (χ2v) is 7.81. The Bertz CT molecular complexity index is 622. The number of carbonyl (C=O) groups excluding carboxylic acids is 2. The molecule has 2 saturated heterocycles. The first kappa shape index (κ1) is 18.5. The number of likely N-dealkylation sites (tertiary alicyclic amines) is 2. The van der Waals surface area contributed by atoms with E-state index in [0.717, 1.165) is 51.9 Å². The van der Waals surface area contributed by atoms with Gasteiger partial charge in [-0.05, 0) is 49.3 Å². The van der Waals surface area contributed by atoms with Gasteiger partial charge in [0.1, 0.15) is 0 Å². The predicted molar refractivity (Wildman–Crippen MR) is 99.9 cm³/mol. The van der Waals surface area contributed by atoms with Crippen molar-refractivity contribution in [3.05, 3.63) is 33.8 Å². The van der Waals surface area contributed by atoms with Crippen LogP contribution in [0.4, 0.5) is 0 Å². The highest BCUT2D eigenvalue weighted by Crippen LogP contribution is 2.26. The molecule has 0 spiro atoms. The third-order valence-electron chi connectivity index (χ3n) is 5.26. The Morgan fingerprint density at radius 1 is 1.08 bits per heavy atom. The topological polar surface area (TPSA) is 40.6 Å². The van der Waals surface area contributed by atoms with Gasteiger partial charge in [-0.25, -0.2) is 0 Å². The maximum atomic E-state index is 12.6. The summed E-state index contributed by atoms with van der Waals surface area (Å²) in [5.74, 6) is 0.857. The van der Waals surface area contributed by atoms with Gasteiger partial charge >= 0.3 is 0 Å². The Kier molecular flexibility index (Phi) is 6.24. The van der Waals surface area contributed by atoms with E-state index in [1.807, 2.05) is 9.80 Å². The molecule has 3 rings (SSSR count). The van der Waals surface area contributed by atoms with Gasteiger partial charge in [0.25, 0.3) is 0 Å². The van der Waals surface area contributed by atoms with Crippen LogP contribution in [0.3, 0.4) is 0 Å². The zero-order valence-electron chi connectivity index (χ0n) is 14.3. The predicted octanol–water partition coefficient (Wildman–Crippen LogP) is 3.79. The second-order valence-electron chi connectivity index (χ2n) is 7.00. The summed E-state index contributed by atoms with van der Waals surface area (Å²) in [6.07, 6.45) is 4.97.